The molecule has 0 aliphatic carbocycles. The van der Waals surface area contributed by atoms with Gasteiger partial charge in [0.25, 0.3) is 0 Å². The van der Waals surface area contributed by atoms with E-state index in [1.165, 1.54) is 24.0 Å². The molecule has 0 aromatic heterocycles. The summed E-state index contributed by atoms with van der Waals surface area (Å²) in [6.07, 6.45) is 0.495. The number of nitrogens with zero attached hydrogens (tertiary/aromatic N) is 1. The predicted molar refractivity (Wildman–Crippen MR) is 95.2 cm³/mol. The van der Waals surface area contributed by atoms with E-state index in [9.17, 15) is 18.4 Å². The predicted octanol–water partition coefficient (Wildman–Crippen LogP) is 3.06. The molecule has 0 aliphatic heterocycles. The van der Waals surface area contributed by atoms with E-state index in [4.69, 9.17) is 0 Å². The minimum Gasteiger partial charge on any atom is -0.356 e. The molecule has 0 bridgehead atoms. The summed E-state index contributed by atoms with van der Waals surface area (Å²) >= 11 is 0. The van der Waals surface area contributed by atoms with Crippen LogP contribution in [0.3, 0.4) is 0 Å². The molecule has 2 aromatic rings. The summed E-state index contributed by atoms with van der Waals surface area (Å²) in [7, 11) is 0. The van der Waals surface area contributed by atoms with E-state index in [1.807, 2.05) is 0 Å². The normalized spacial score (nSPS) is 10.4. The Hall–Kier alpha value is -2.76. The van der Waals surface area contributed by atoms with Crippen LogP contribution in [0.4, 0.5) is 8.78 Å². The fraction of sp³-hybridized carbons (Fsp3) is 0.300. The number of carbonyl (C=O) groups is 2. The zero-order valence-corrected chi connectivity index (χ0v) is 14.7. The Morgan fingerprint density at radius 3 is 2.12 bits per heavy atom. The van der Waals surface area contributed by atoms with Crippen LogP contribution in [0.25, 0.3) is 0 Å². The van der Waals surface area contributed by atoms with Crippen LogP contribution in [0.15, 0.2) is 48.5 Å². The van der Waals surface area contributed by atoms with Crippen molar-refractivity contribution in [1.82, 2.24) is 10.2 Å². The second-order valence-electron chi connectivity index (χ2n) is 5.97. The van der Waals surface area contributed by atoms with Crippen molar-refractivity contribution in [3.05, 3.63) is 71.3 Å². The maximum absolute atomic E-state index is 13.7. The molecule has 138 valence electrons. The van der Waals surface area contributed by atoms with E-state index in [1.54, 1.807) is 36.4 Å². The lowest BCUT2D eigenvalue weighted by Crippen LogP contribution is -2.34. The molecule has 0 heterocycles. The van der Waals surface area contributed by atoms with Gasteiger partial charge in [-0.15, -0.1) is 0 Å². The Kier molecular flexibility index (Phi) is 7.26. The fourth-order valence-electron chi connectivity index (χ4n) is 2.54. The Labute approximate surface area is 151 Å². The number of halogens is 2. The highest BCUT2D eigenvalue weighted by atomic mass is 19.1. The second kappa shape index (κ2) is 9.65. The van der Waals surface area contributed by atoms with Gasteiger partial charge in [-0.2, -0.15) is 0 Å². The van der Waals surface area contributed by atoms with Gasteiger partial charge in [0.1, 0.15) is 11.6 Å². The van der Waals surface area contributed by atoms with Crippen LogP contribution in [-0.4, -0.2) is 29.8 Å². The number of nitrogens with one attached hydrogen (secondary N) is 1. The van der Waals surface area contributed by atoms with Crippen molar-refractivity contribution in [2.24, 2.45) is 0 Å². The average Bonchev–Trinajstić information content (AvgIpc) is 2.61. The molecule has 0 radical (unpaired) electrons. The first-order valence-corrected chi connectivity index (χ1v) is 8.46. The Balaban J connectivity index is 1.79. The molecule has 2 amide bonds. The highest BCUT2D eigenvalue weighted by Crippen LogP contribution is 2.10. The topological polar surface area (TPSA) is 49.4 Å². The van der Waals surface area contributed by atoms with E-state index in [0.29, 0.717) is 24.1 Å². The minimum absolute atomic E-state index is 0.102. The molecule has 0 spiro atoms. The molecule has 0 saturated heterocycles. The van der Waals surface area contributed by atoms with Crippen molar-refractivity contribution >= 4 is 11.8 Å². The van der Waals surface area contributed by atoms with Crippen LogP contribution >= 0.6 is 0 Å². The summed E-state index contributed by atoms with van der Waals surface area (Å²) in [6.45, 7) is 2.00. The Morgan fingerprint density at radius 1 is 0.962 bits per heavy atom. The maximum atomic E-state index is 13.7. The molecular formula is C20H22F2N2O2. The highest BCUT2D eigenvalue weighted by Gasteiger charge is 2.13. The van der Waals surface area contributed by atoms with Crippen molar-refractivity contribution in [3.8, 4) is 0 Å². The van der Waals surface area contributed by atoms with Gasteiger partial charge in [-0.3, -0.25) is 9.59 Å². The highest BCUT2D eigenvalue weighted by molar-refractivity contribution is 5.78. The van der Waals surface area contributed by atoms with Gasteiger partial charge in [0.15, 0.2) is 0 Å². The van der Waals surface area contributed by atoms with Crippen molar-refractivity contribution in [1.29, 1.82) is 0 Å². The standard InChI is InChI=1S/C20H22F2N2O2/c1-15(25)24(14-17-7-3-5-9-19(17)22)13-11-20(26)23-12-10-16-6-2-4-8-18(16)21/h2-9H,10-14H2,1H3,(H,23,26). The summed E-state index contributed by atoms with van der Waals surface area (Å²) in [4.78, 5) is 25.1. The molecule has 0 saturated carbocycles. The molecule has 2 aromatic carbocycles. The van der Waals surface area contributed by atoms with E-state index in [2.05, 4.69) is 5.32 Å². The summed E-state index contributed by atoms with van der Waals surface area (Å²) in [5.41, 5.74) is 0.945. The zero-order valence-electron chi connectivity index (χ0n) is 14.7. The average molecular weight is 360 g/mol. The molecule has 0 atom stereocenters. The van der Waals surface area contributed by atoms with Gasteiger partial charge in [0.2, 0.25) is 11.8 Å². The summed E-state index contributed by atoms with van der Waals surface area (Å²) in [5, 5.41) is 2.71. The largest absolute Gasteiger partial charge is 0.356 e. The van der Waals surface area contributed by atoms with Crippen LogP contribution in [-0.2, 0) is 22.6 Å². The molecule has 0 fully saturated rings. The first-order valence-electron chi connectivity index (χ1n) is 8.46. The van der Waals surface area contributed by atoms with E-state index in [0.717, 1.165) is 0 Å². The smallest absolute Gasteiger partial charge is 0.221 e. The molecule has 26 heavy (non-hydrogen) atoms. The van der Waals surface area contributed by atoms with E-state index in [-0.39, 0.29) is 43.0 Å². The van der Waals surface area contributed by atoms with E-state index < -0.39 is 0 Å². The molecule has 2 rings (SSSR count). The van der Waals surface area contributed by atoms with Gasteiger partial charge >= 0.3 is 0 Å². The SMILES string of the molecule is CC(=O)N(CCC(=O)NCCc1ccccc1F)Cc1ccccc1F. The second-order valence-corrected chi connectivity index (χ2v) is 5.97. The Bertz CT molecular complexity index is 765. The fourth-order valence-corrected chi connectivity index (χ4v) is 2.54. The molecular weight excluding hydrogens is 338 g/mol. The van der Waals surface area contributed by atoms with Crippen molar-refractivity contribution in [2.45, 2.75) is 26.3 Å². The minimum atomic E-state index is -0.381. The molecule has 4 nitrogen and oxygen atoms in total. The third-order valence-corrected chi connectivity index (χ3v) is 4.05. The zero-order chi connectivity index (χ0) is 18.9. The first-order chi connectivity index (χ1) is 12.5. The van der Waals surface area contributed by atoms with Gasteiger partial charge in [0.05, 0.1) is 0 Å². The lowest BCUT2D eigenvalue weighted by atomic mass is 10.1. The number of rotatable bonds is 8. The van der Waals surface area contributed by atoms with Gasteiger partial charge in [-0.1, -0.05) is 36.4 Å². The lowest BCUT2D eigenvalue weighted by Gasteiger charge is -2.21. The lowest BCUT2D eigenvalue weighted by molar-refractivity contribution is -0.130. The van der Waals surface area contributed by atoms with Crippen molar-refractivity contribution in [3.63, 3.8) is 0 Å². The summed E-state index contributed by atoms with van der Waals surface area (Å²) < 4.78 is 27.2. The molecule has 1 N–H and O–H groups in total. The number of hydrogen-bond acceptors (Lipinski definition) is 2. The van der Waals surface area contributed by atoms with Crippen LogP contribution in [0.5, 0.6) is 0 Å². The van der Waals surface area contributed by atoms with Gasteiger partial charge < -0.3 is 10.2 Å². The monoisotopic (exact) mass is 360 g/mol. The van der Waals surface area contributed by atoms with Crippen LogP contribution in [0.2, 0.25) is 0 Å². The number of carbonyl (C=O) groups excluding carboxylic acids is 2. The number of benzene rings is 2. The van der Waals surface area contributed by atoms with Crippen LogP contribution in [0.1, 0.15) is 24.5 Å². The number of hydrogen-bond donors (Lipinski definition) is 1. The van der Waals surface area contributed by atoms with Crippen molar-refractivity contribution in [2.75, 3.05) is 13.1 Å². The summed E-state index contributed by atoms with van der Waals surface area (Å²) in [6, 6.07) is 12.6. The molecule has 0 unspecified atom stereocenters. The van der Waals surface area contributed by atoms with Crippen LogP contribution in [0, 0.1) is 11.6 Å². The van der Waals surface area contributed by atoms with E-state index >= 15 is 0 Å². The van der Waals surface area contributed by atoms with Crippen LogP contribution < -0.4 is 5.32 Å². The van der Waals surface area contributed by atoms with Gasteiger partial charge in [-0.05, 0) is 24.1 Å². The maximum Gasteiger partial charge on any atom is 0.221 e. The number of amides is 2. The third-order valence-electron chi connectivity index (χ3n) is 4.05. The van der Waals surface area contributed by atoms with Crippen molar-refractivity contribution < 1.29 is 18.4 Å². The summed E-state index contributed by atoms with van der Waals surface area (Å²) in [5.74, 6) is -1.14. The van der Waals surface area contributed by atoms with Gasteiger partial charge in [0, 0.05) is 38.5 Å². The Morgan fingerprint density at radius 2 is 1.54 bits per heavy atom. The quantitative estimate of drug-likeness (QED) is 0.787. The first kappa shape index (κ1) is 19.6. The van der Waals surface area contributed by atoms with Gasteiger partial charge in [-0.25, -0.2) is 8.78 Å². The molecule has 0 aliphatic rings. The molecule has 6 heteroatoms. The third kappa shape index (κ3) is 5.95.